The van der Waals surface area contributed by atoms with E-state index in [1.54, 1.807) is 6.07 Å². The summed E-state index contributed by atoms with van der Waals surface area (Å²) in [6, 6.07) is 26.7. The van der Waals surface area contributed by atoms with Crippen molar-refractivity contribution >= 4 is 22.1 Å². The smallest absolute Gasteiger partial charge is 0.161 e. The van der Waals surface area contributed by atoms with Gasteiger partial charge < -0.3 is 15.0 Å². The molecule has 0 atom stereocenters. The molecule has 0 amide bonds. The van der Waals surface area contributed by atoms with E-state index < -0.39 is 0 Å². The molecule has 3 N–H and O–H groups in total. The van der Waals surface area contributed by atoms with Crippen molar-refractivity contribution in [3.05, 3.63) is 114 Å². The van der Waals surface area contributed by atoms with Crippen LogP contribution in [0.5, 0.6) is 5.75 Å². The Morgan fingerprint density at radius 2 is 1.67 bits per heavy atom. The van der Waals surface area contributed by atoms with Gasteiger partial charge in [-0.05, 0) is 53.1 Å². The molecule has 0 bridgehead atoms. The van der Waals surface area contributed by atoms with Gasteiger partial charge in [-0.2, -0.15) is 5.10 Å². The third kappa shape index (κ3) is 4.97. The zero-order chi connectivity index (χ0) is 28.5. The molecule has 0 saturated heterocycles. The Bertz CT molecular complexity index is 2030. The number of para-hydroxylation sites is 1. The Morgan fingerprint density at radius 1 is 0.786 bits per heavy atom. The van der Waals surface area contributed by atoms with Crippen LogP contribution >= 0.6 is 0 Å². The molecule has 0 spiro atoms. The monoisotopic (exact) mass is 555 g/mol. The lowest BCUT2D eigenvalue weighted by Crippen LogP contribution is -2.12. The van der Waals surface area contributed by atoms with Gasteiger partial charge in [0.2, 0.25) is 0 Å². The van der Waals surface area contributed by atoms with Crippen LogP contribution in [0, 0.1) is 5.82 Å². The number of nitrogens with one attached hydrogen (secondary N) is 3. The van der Waals surface area contributed by atoms with Crippen LogP contribution in [0.15, 0.2) is 97.3 Å². The van der Waals surface area contributed by atoms with Gasteiger partial charge in [0.05, 0.1) is 29.4 Å². The first kappa shape index (κ1) is 25.6. The molecule has 4 heterocycles. The van der Waals surface area contributed by atoms with E-state index in [0.717, 1.165) is 40.0 Å². The minimum atomic E-state index is -0.377. The molecule has 0 aliphatic rings. The molecule has 8 nitrogen and oxygen atoms in total. The molecule has 0 aliphatic carbocycles. The summed E-state index contributed by atoms with van der Waals surface area (Å²) in [6.07, 6.45) is 3.68. The molecule has 9 heteroatoms. The molecular weight excluding hydrogens is 529 g/mol. The Labute approximate surface area is 240 Å². The highest BCUT2D eigenvalue weighted by molar-refractivity contribution is 5.96. The number of nitrogens with zero attached hydrogens (tertiary/aromatic N) is 4. The van der Waals surface area contributed by atoms with E-state index in [-0.39, 0.29) is 5.82 Å². The standard InChI is InChI=1S/C33H26FN7O/c1-42-25-14-22(13-24(34)15-25)26-8-5-9-28-30(26)39-33(38-28)32-31-29(40-41-32)11-10-27(37-31)23-12-21(18-36-19-23)17-35-16-20-6-3-2-4-7-20/h2-15,18-19,35H,16-17H2,1H3,(H,38,39)(H,40,41). The van der Waals surface area contributed by atoms with E-state index >= 15 is 0 Å². The third-order valence-electron chi connectivity index (χ3n) is 7.15. The van der Waals surface area contributed by atoms with Crippen molar-refractivity contribution in [2.75, 3.05) is 7.11 Å². The van der Waals surface area contributed by atoms with E-state index in [1.807, 2.05) is 60.9 Å². The molecule has 0 saturated carbocycles. The molecule has 3 aromatic carbocycles. The number of fused-ring (bicyclic) bond motifs is 2. The zero-order valence-electron chi connectivity index (χ0n) is 22.7. The van der Waals surface area contributed by atoms with Crippen molar-refractivity contribution < 1.29 is 9.13 Å². The molecule has 4 aromatic heterocycles. The summed E-state index contributed by atoms with van der Waals surface area (Å²) in [5.41, 5.74) is 9.03. The summed E-state index contributed by atoms with van der Waals surface area (Å²) < 4.78 is 19.6. The molecule has 0 unspecified atom stereocenters. The number of aromatic nitrogens is 6. The number of halogens is 1. The van der Waals surface area contributed by atoms with Crippen LogP contribution in [0.25, 0.3) is 56.0 Å². The van der Waals surface area contributed by atoms with Crippen LogP contribution in [-0.2, 0) is 13.1 Å². The molecule has 0 fully saturated rings. The molecule has 7 rings (SSSR count). The van der Waals surface area contributed by atoms with Gasteiger partial charge in [0.25, 0.3) is 0 Å². The van der Waals surface area contributed by atoms with Crippen molar-refractivity contribution in [1.29, 1.82) is 0 Å². The van der Waals surface area contributed by atoms with Gasteiger partial charge in [0.15, 0.2) is 11.5 Å². The maximum absolute atomic E-state index is 14.3. The average molecular weight is 556 g/mol. The number of rotatable bonds is 8. The summed E-state index contributed by atoms with van der Waals surface area (Å²) in [5, 5.41) is 11.1. The molecule has 0 aliphatic heterocycles. The Kier molecular flexibility index (Phi) is 6.61. The first-order valence-corrected chi connectivity index (χ1v) is 13.5. The van der Waals surface area contributed by atoms with Crippen molar-refractivity contribution in [2.45, 2.75) is 13.1 Å². The molecule has 206 valence electrons. The molecule has 7 aromatic rings. The Hall–Kier alpha value is -5.41. The van der Waals surface area contributed by atoms with Gasteiger partial charge >= 0.3 is 0 Å². The molecule has 0 radical (unpaired) electrons. The topological polar surface area (TPSA) is 104 Å². The van der Waals surface area contributed by atoms with E-state index in [1.165, 1.54) is 24.8 Å². The largest absolute Gasteiger partial charge is 0.497 e. The predicted octanol–water partition coefficient (Wildman–Crippen LogP) is 6.67. The number of aromatic amines is 2. The molecular formula is C33H26FN7O. The van der Waals surface area contributed by atoms with E-state index in [4.69, 9.17) is 14.7 Å². The van der Waals surface area contributed by atoms with Gasteiger partial charge in [-0.3, -0.25) is 10.1 Å². The minimum absolute atomic E-state index is 0.377. The Morgan fingerprint density at radius 3 is 2.55 bits per heavy atom. The number of H-pyrrole nitrogens is 2. The average Bonchev–Trinajstić information content (AvgIpc) is 3.65. The first-order chi connectivity index (χ1) is 20.6. The first-order valence-electron chi connectivity index (χ1n) is 13.5. The zero-order valence-corrected chi connectivity index (χ0v) is 22.7. The second kappa shape index (κ2) is 10.9. The van der Waals surface area contributed by atoms with Gasteiger partial charge in [0.1, 0.15) is 17.1 Å². The van der Waals surface area contributed by atoms with Gasteiger partial charge in [0, 0.05) is 42.7 Å². The highest BCUT2D eigenvalue weighted by atomic mass is 19.1. The van der Waals surface area contributed by atoms with Crippen LogP contribution in [0.2, 0.25) is 0 Å². The third-order valence-corrected chi connectivity index (χ3v) is 7.15. The quantitative estimate of drug-likeness (QED) is 0.194. The van der Waals surface area contributed by atoms with E-state index in [9.17, 15) is 4.39 Å². The van der Waals surface area contributed by atoms with Gasteiger partial charge in [-0.15, -0.1) is 0 Å². The van der Waals surface area contributed by atoms with E-state index in [0.29, 0.717) is 40.4 Å². The summed E-state index contributed by atoms with van der Waals surface area (Å²) in [7, 11) is 1.52. The van der Waals surface area contributed by atoms with Crippen LogP contribution < -0.4 is 10.1 Å². The minimum Gasteiger partial charge on any atom is -0.497 e. The second-order valence-corrected chi connectivity index (χ2v) is 10.0. The van der Waals surface area contributed by atoms with Crippen LogP contribution in [0.4, 0.5) is 4.39 Å². The lowest BCUT2D eigenvalue weighted by Gasteiger charge is -2.07. The maximum atomic E-state index is 14.3. The van der Waals surface area contributed by atoms with Crippen LogP contribution in [0.3, 0.4) is 0 Å². The number of hydrogen-bond acceptors (Lipinski definition) is 6. The summed E-state index contributed by atoms with van der Waals surface area (Å²) in [6.45, 7) is 1.47. The normalized spacial score (nSPS) is 11.4. The fourth-order valence-electron chi connectivity index (χ4n) is 5.11. The summed E-state index contributed by atoms with van der Waals surface area (Å²) in [5.74, 6) is 0.629. The summed E-state index contributed by atoms with van der Waals surface area (Å²) >= 11 is 0. The fourth-order valence-corrected chi connectivity index (χ4v) is 5.11. The van der Waals surface area contributed by atoms with Gasteiger partial charge in [-0.25, -0.2) is 14.4 Å². The number of imidazole rings is 1. The lowest BCUT2D eigenvalue weighted by molar-refractivity contribution is 0.411. The number of ether oxygens (including phenoxy) is 1. The van der Waals surface area contributed by atoms with Crippen molar-refractivity contribution in [3.63, 3.8) is 0 Å². The lowest BCUT2D eigenvalue weighted by atomic mass is 10.0. The van der Waals surface area contributed by atoms with Crippen LogP contribution in [-0.4, -0.2) is 37.2 Å². The predicted molar refractivity (Wildman–Crippen MR) is 161 cm³/mol. The highest BCUT2D eigenvalue weighted by Gasteiger charge is 2.17. The second-order valence-electron chi connectivity index (χ2n) is 10.0. The van der Waals surface area contributed by atoms with E-state index in [2.05, 4.69) is 43.7 Å². The van der Waals surface area contributed by atoms with Gasteiger partial charge in [-0.1, -0.05) is 42.5 Å². The number of hydrogen-bond donors (Lipinski definition) is 3. The maximum Gasteiger partial charge on any atom is 0.161 e. The van der Waals surface area contributed by atoms with Crippen molar-refractivity contribution in [3.8, 4) is 39.7 Å². The SMILES string of the molecule is COc1cc(F)cc(-c2cccc3[nH]c(-c4n[nH]c5ccc(-c6cncc(CNCc7ccccc7)c6)nc45)nc23)c1. The number of benzene rings is 3. The van der Waals surface area contributed by atoms with Crippen LogP contribution in [0.1, 0.15) is 11.1 Å². The molecule has 42 heavy (non-hydrogen) atoms. The Balaban J connectivity index is 1.21. The highest BCUT2D eigenvalue weighted by Crippen LogP contribution is 2.33. The fraction of sp³-hybridized carbons (Fsp3) is 0.0909. The van der Waals surface area contributed by atoms with Crippen molar-refractivity contribution in [2.24, 2.45) is 0 Å². The van der Waals surface area contributed by atoms with Crippen molar-refractivity contribution in [1.82, 2.24) is 35.5 Å². The number of pyridine rings is 2. The number of methoxy groups -OCH3 is 1. The summed E-state index contributed by atoms with van der Waals surface area (Å²) in [4.78, 5) is 17.7.